The van der Waals surface area contributed by atoms with Crippen LogP contribution in [-0.2, 0) is 0 Å². The van der Waals surface area contributed by atoms with Gasteiger partial charge in [-0.2, -0.15) is 0 Å². The summed E-state index contributed by atoms with van der Waals surface area (Å²) in [7, 11) is 0. The number of aryl methyl sites for hydroxylation is 1. The number of anilines is 1. The first kappa shape index (κ1) is 24.5. The van der Waals surface area contributed by atoms with E-state index >= 15 is 0 Å². The number of ether oxygens (including phenoxy) is 2. The zero-order chi connectivity index (χ0) is 26.2. The van der Waals surface area contributed by atoms with Crippen LogP contribution in [-0.4, -0.2) is 52.6 Å². The number of aromatic nitrogens is 2. The van der Waals surface area contributed by atoms with E-state index in [9.17, 15) is 4.79 Å². The summed E-state index contributed by atoms with van der Waals surface area (Å²) < 4.78 is 11.7. The molecule has 0 bridgehead atoms. The van der Waals surface area contributed by atoms with Gasteiger partial charge in [-0.15, -0.1) is 0 Å². The maximum absolute atomic E-state index is 13.1. The van der Waals surface area contributed by atoms with Gasteiger partial charge in [-0.05, 0) is 62.6 Å². The molecular formula is C30H29ClN4O3. The summed E-state index contributed by atoms with van der Waals surface area (Å²) in [4.78, 5) is 24.6. The lowest BCUT2D eigenvalue weighted by atomic mass is 9.97. The average molecular weight is 529 g/mol. The number of nitrogens with one attached hydrogen (secondary N) is 1. The Kier molecular flexibility index (Phi) is 6.54. The number of piperidine rings is 1. The number of benzene rings is 3. The number of carbonyl (C=O) groups excluding carboxylic acids is 1. The number of likely N-dealkylation sites (tertiary alicyclic amines) is 1. The number of halogens is 1. The van der Waals surface area contributed by atoms with E-state index in [1.165, 1.54) is 0 Å². The Bertz CT molecular complexity index is 1530. The minimum atomic E-state index is -0.0215. The van der Waals surface area contributed by atoms with Gasteiger partial charge in [0.05, 0.1) is 21.8 Å². The molecule has 0 aliphatic carbocycles. The summed E-state index contributed by atoms with van der Waals surface area (Å²) in [5.74, 6) is 2.14. The van der Waals surface area contributed by atoms with E-state index in [1.807, 2.05) is 48.2 Å². The molecule has 0 unspecified atom stereocenters. The van der Waals surface area contributed by atoms with E-state index in [-0.39, 0.29) is 18.0 Å². The summed E-state index contributed by atoms with van der Waals surface area (Å²) in [6.07, 6.45) is 1.61. The summed E-state index contributed by atoms with van der Waals surface area (Å²) in [5.41, 5.74) is 4.37. The maximum atomic E-state index is 13.1. The fourth-order valence-electron chi connectivity index (χ4n) is 5.39. The van der Waals surface area contributed by atoms with Gasteiger partial charge < -0.3 is 19.7 Å². The van der Waals surface area contributed by atoms with Crippen molar-refractivity contribution in [2.24, 2.45) is 0 Å². The minimum Gasteiger partial charge on any atom is -0.486 e. The van der Waals surface area contributed by atoms with E-state index in [4.69, 9.17) is 31.0 Å². The Morgan fingerprint density at radius 3 is 2.74 bits per heavy atom. The topological polar surface area (TPSA) is 76.6 Å². The maximum Gasteiger partial charge on any atom is 0.255 e. The van der Waals surface area contributed by atoms with Crippen molar-refractivity contribution < 1.29 is 14.3 Å². The first-order valence-corrected chi connectivity index (χ1v) is 13.3. The van der Waals surface area contributed by atoms with Crippen molar-refractivity contribution in [3.63, 3.8) is 0 Å². The van der Waals surface area contributed by atoms with Crippen molar-refractivity contribution >= 4 is 34.4 Å². The molecule has 0 spiro atoms. The van der Waals surface area contributed by atoms with Gasteiger partial charge in [0.1, 0.15) is 13.2 Å². The van der Waals surface area contributed by atoms with Gasteiger partial charge in [-0.3, -0.25) is 4.79 Å². The predicted octanol–water partition coefficient (Wildman–Crippen LogP) is 6.14. The molecule has 0 radical (unpaired) electrons. The molecule has 1 fully saturated rings. The van der Waals surface area contributed by atoms with Gasteiger partial charge in [0, 0.05) is 29.6 Å². The number of hydrogen-bond acceptors (Lipinski definition) is 6. The van der Waals surface area contributed by atoms with Gasteiger partial charge >= 0.3 is 0 Å². The molecule has 194 valence electrons. The van der Waals surface area contributed by atoms with Crippen LogP contribution in [0.25, 0.3) is 22.0 Å². The van der Waals surface area contributed by atoms with Crippen molar-refractivity contribution in [2.75, 3.05) is 25.1 Å². The van der Waals surface area contributed by atoms with Gasteiger partial charge in [-0.1, -0.05) is 41.9 Å². The van der Waals surface area contributed by atoms with Gasteiger partial charge in [-0.25, -0.2) is 9.97 Å². The van der Waals surface area contributed by atoms with E-state index in [0.29, 0.717) is 36.3 Å². The number of carbonyl (C=O) groups is 1. The monoisotopic (exact) mass is 528 g/mol. The third-order valence-electron chi connectivity index (χ3n) is 7.34. The normalized spacial score (nSPS) is 18.9. The summed E-state index contributed by atoms with van der Waals surface area (Å²) in [6, 6.07) is 19.6. The molecule has 1 saturated heterocycles. The van der Waals surface area contributed by atoms with E-state index in [1.54, 1.807) is 12.1 Å². The second kappa shape index (κ2) is 10.1. The summed E-state index contributed by atoms with van der Waals surface area (Å²) in [6.45, 7) is 5.83. The van der Waals surface area contributed by atoms with Gasteiger partial charge in [0.2, 0.25) is 5.95 Å². The third kappa shape index (κ3) is 4.63. The number of nitrogens with zero attached hydrogens (tertiary/aromatic N) is 3. The number of para-hydroxylation sites is 1. The highest BCUT2D eigenvalue weighted by Gasteiger charge is 2.30. The number of amides is 1. The predicted molar refractivity (Wildman–Crippen MR) is 149 cm³/mol. The van der Waals surface area contributed by atoms with Crippen LogP contribution in [0.3, 0.4) is 0 Å². The Labute approximate surface area is 226 Å². The first-order valence-electron chi connectivity index (χ1n) is 13.0. The van der Waals surface area contributed by atoms with Crippen molar-refractivity contribution in [1.82, 2.24) is 14.9 Å². The second-order valence-corrected chi connectivity index (χ2v) is 10.3. The highest BCUT2D eigenvalue weighted by Crippen LogP contribution is 2.40. The van der Waals surface area contributed by atoms with Crippen LogP contribution in [0.5, 0.6) is 11.5 Å². The van der Waals surface area contributed by atoms with Crippen molar-refractivity contribution in [3.05, 3.63) is 76.9 Å². The standard InChI is InChI=1S/C30H29ClN4O3/c1-18-16-21(12-13-35(18)29(36)23-6-3-4-8-25(23)31)33-30-32-19(2)24-17-20(10-11-26(24)34-30)22-7-5-9-27-28(22)38-15-14-37-27/h3-11,17-18,21H,12-16H2,1-2H3,(H,32,33,34)/t18-,21+/m0/s1. The molecule has 38 heavy (non-hydrogen) atoms. The Morgan fingerprint density at radius 1 is 1.05 bits per heavy atom. The summed E-state index contributed by atoms with van der Waals surface area (Å²) in [5, 5.41) is 5.00. The lowest BCUT2D eigenvalue weighted by molar-refractivity contribution is 0.0625. The number of rotatable bonds is 4. The molecule has 3 aromatic carbocycles. The molecule has 3 heterocycles. The van der Waals surface area contributed by atoms with Crippen molar-refractivity contribution in [3.8, 4) is 22.6 Å². The molecular weight excluding hydrogens is 500 g/mol. The van der Waals surface area contributed by atoms with Crippen LogP contribution in [0.15, 0.2) is 60.7 Å². The SMILES string of the molecule is Cc1nc(N[C@@H]2CCN(C(=O)c3ccccc3Cl)[C@@H](C)C2)nc2ccc(-c3cccc4c3OCCO4)cc12. The number of hydrogen-bond donors (Lipinski definition) is 1. The smallest absolute Gasteiger partial charge is 0.255 e. The molecule has 4 aromatic rings. The van der Waals surface area contributed by atoms with Crippen molar-refractivity contribution in [2.45, 2.75) is 38.8 Å². The fourth-order valence-corrected chi connectivity index (χ4v) is 5.61. The van der Waals surface area contributed by atoms with Crippen LogP contribution >= 0.6 is 11.6 Å². The molecule has 1 aromatic heterocycles. The first-order chi connectivity index (χ1) is 18.5. The average Bonchev–Trinajstić information content (AvgIpc) is 2.93. The highest BCUT2D eigenvalue weighted by atomic mass is 35.5. The van der Waals surface area contributed by atoms with Gasteiger partial charge in [0.15, 0.2) is 11.5 Å². The van der Waals surface area contributed by atoms with Crippen LogP contribution < -0.4 is 14.8 Å². The van der Waals surface area contributed by atoms with E-state index in [2.05, 4.69) is 24.4 Å². The third-order valence-corrected chi connectivity index (χ3v) is 7.67. The zero-order valence-electron chi connectivity index (χ0n) is 21.4. The number of fused-ring (bicyclic) bond motifs is 2. The van der Waals surface area contributed by atoms with Crippen LogP contribution in [0, 0.1) is 6.92 Å². The minimum absolute atomic E-state index is 0.0215. The van der Waals surface area contributed by atoms with Crippen molar-refractivity contribution in [1.29, 1.82) is 0 Å². The molecule has 2 atom stereocenters. The van der Waals surface area contributed by atoms with E-state index < -0.39 is 0 Å². The fraction of sp³-hybridized carbons (Fsp3) is 0.300. The molecule has 8 heteroatoms. The Hall–Kier alpha value is -3.84. The second-order valence-electron chi connectivity index (χ2n) is 9.89. The molecule has 1 amide bonds. The molecule has 0 saturated carbocycles. The van der Waals surface area contributed by atoms with Crippen LogP contribution in [0.4, 0.5) is 5.95 Å². The molecule has 7 nitrogen and oxygen atoms in total. The Balaban J connectivity index is 1.19. The van der Waals surface area contributed by atoms with Gasteiger partial charge in [0.25, 0.3) is 5.91 Å². The lowest BCUT2D eigenvalue weighted by Gasteiger charge is -2.38. The quantitative estimate of drug-likeness (QED) is 0.343. The van der Waals surface area contributed by atoms with E-state index in [0.717, 1.165) is 52.1 Å². The highest BCUT2D eigenvalue weighted by molar-refractivity contribution is 6.33. The largest absolute Gasteiger partial charge is 0.486 e. The molecule has 1 N–H and O–H groups in total. The summed E-state index contributed by atoms with van der Waals surface area (Å²) >= 11 is 6.27. The Morgan fingerprint density at radius 2 is 1.89 bits per heavy atom. The molecule has 2 aliphatic rings. The van der Waals surface area contributed by atoms with Crippen LogP contribution in [0.2, 0.25) is 5.02 Å². The zero-order valence-corrected chi connectivity index (χ0v) is 22.2. The molecule has 6 rings (SSSR count). The van der Waals surface area contributed by atoms with Crippen LogP contribution in [0.1, 0.15) is 35.8 Å². The molecule has 2 aliphatic heterocycles. The lowest BCUT2D eigenvalue weighted by Crippen LogP contribution is -2.48.